The maximum Gasteiger partial charge on any atom is 0.126 e. The number of aliphatic hydroxyl groups is 1. The van der Waals surface area contributed by atoms with Crippen LogP contribution in [0.1, 0.15) is 32.4 Å². The van der Waals surface area contributed by atoms with Crippen molar-refractivity contribution in [1.29, 1.82) is 0 Å². The Morgan fingerprint density at radius 3 is 2.38 bits per heavy atom. The van der Waals surface area contributed by atoms with Gasteiger partial charge in [0.2, 0.25) is 0 Å². The Bertz CT molecular complexity index is 333. The van der Waals surface area contributed by atoms with Gasteiger partial charge in [-0.2, -0.15) is 0 Å². The third-order valence-corrected chi connectivity index (χ3v) is 2.80. The first-order valence-electron chi connectivity index (χ1n) is 5.74. The van der Waals surface area contributed by atoms with E-state index in [4.69, 9.17) is 4.74 Å². The van der Waals surface area contributed by atoms with Crippen molar-refractivity contribution in [3.8, 4) is 5.75 Å². The molecule has 1 rings (SSSR count). The Morgan fingerprint density at radius 1 is 1.31 bits per heavy atom. The summed E-state index contributed by atoms with van der Waals surface area (Å²) in [5.41, 5.74) is 1.96. The van der Waals surface area contributed by atoms with E-state index in [1.165, 1.54) is 0 Å². The van der Waals surface area contributed by atoms with Gasteiger partial charge >= 0.3 is 0 Å². The van der Waals surface area contributed by atoms with E-state index in [-0.39, 0.29) is 0 Å². The van der Waals surface area contributed by atoms with Gasteiger partial charge in [-0.1, -0.05) is 6.07 Å². The van der Waals surface area contributed by atoms with Gasteiger partial charge in [-0.15, -0.1) is 0 Å². The van der Waals surface area contributed by atoms with Crippen LogP contribution in [0.3, 0.4) is 0 Å². The minimum absolute atomic E-state index is 0.499. The van der Waals surface area contributed by atoms with E-state index in [0.717, 1.165) is 30.1 Å². The molecule has 1 N–H and O–H groups in total. The summed E-state index contributed by atoms with van der Waals surface area (Å²) in [6, 6.07) is 5.93. The first-order chi connectivity index (χ1) is 7.63. The second-order valence-electron chi connectivity index (χ2n) is 3.77. The highest BCUT2D eigenvalue weighted by Crippen LogP contribution is 2.29. The van der Waals surface area contributed by atoms with Crippen molar-refractivity contribution in [2.75, 3.05) is 25.1 Å². The smallest absolute Gasteiger partial charge is 0.126 e. The first kappa shape index (κ1) is 12.8. The lowest BCUT2D eigenvalue weighted by atomic mass is 10.1. The zero-order valence-corrected chi connectivity index (χ0v) is 10.5. The topological polar surface area (TPSA) is 32.7 Å². The zero-order chi connectivity index (χ0) is 12.1. The van der Waals surface area contributed by atoms with Crippen LogP contribution < -0.4 is 9.64 Å². The summed E-state index contributed by atoms with van der Waals surface area (Å²) in [6.45, 7) is 7.92. The van der Waals surface area contributed by atoms with E-state index in [9.17, 15) is 5.11 Å². The summed E-state index contributed by atoms with van der Waals surface area (Å²) in [7, 11) is 1.63. The molecular weight excluding hydrogens is 202 g/mol. The molecule has 0 aliphatic carbocycles. The maximum atomic E-state index is 9.59. The van der Waals surface area contributed by atoms with Gasteiger partial charge in [0.15, 0.2) is 0 Å². The van der Waals surface area contributed by atoms with Crippen LogP contribution in [0.15, 0.2) is 18.2 Å². The summed E-state index contributed by atoms with van der Waals surface area (Å²) < 4.78 is 5.30. The quantitative estimate of drug-likeness (QED) is 0.832. The molecule has 1 aromatic carbocycles. The van der Waals surface area contributed by atoms with E-state index in [1.54, 1.807) is 14.0 Å². The number of methoxy groups -OCH3 is 1. The van der Waals surface area contributed by atoms with Gasteiger partial charge in [-0.05, 0) is 26.8 Å². The number of benzene rings is 1. The number of rotatable bonds is 5. The van der Waals surface area contributed by atoms with Crippen molar-refractivity contribution in [1.82, 2.24) is 0 Å². The molecule has 1 atom stereocenters. The molecule has 0 heterocycles. The molecule has 0 saturated heterocycles. The molecule has 0 aliphatic rings. The maximum absolute atomic E-state index is 9.59. The van der Waals surface area contributed by atoms with Crippen LogP contribution in [0.4, 0.5) is 5.69 Å². The highest BCUT2D eigenvalue weighted by Gasteiger charge is 2.11. The highest BCUT2D eigenvalue weighted by atomic mass is 16.5. The third kappa shape index (κ3) is 2.67. The van der Waals surface area contributed by atoms with E-state index in [2.05, 4.69) is 18.7 Å². The van der Waals surface area contributed by atoms with Gasteiger partial charge in [0.1, 0.15) is 5.75 Å². The molecule has 0 aliphatic heterocycles. The third-order valence-electron chi connectivity index (χ3n) is 2.80. The molecular formula is C13H21NO2. The summed E-state index contributed by atoms with van der Waals surface area (Å²) in [6.07, 6.45) is -0.499. The molecule has 0 radical (unpaired) electrons. The zero-order valence-electron chi connectivity index (χ0n) is 10.5. The van der Waals surface area contributed by atoms with E-state index in [1.807, 2.05) is 18.2 Å². The lowest BCUT2D eigenvalue weighted by molar-refractivity contribution is 0.194. The summed E-state index contributed by atoms with van der Waals surface area (Å²) in [4.78, 5) is 2.24. The van der Waals surface area contributed by atoms with Gasteiger partial charge in [0.25, 0.3) is 0 Å². The fourth-order valence-electron chi connectivity index (χ4n) is 1.83. The van der Waals surface area contributed by atoms with Crippen molar-refractivity contribution in [2.45, 2.75) is 26.9 Å². The number of ether oxygens (including phenoxy) is 1. The van der Waals surface area contributed by atoms with Crippen molar-refractivity contribution in [2.24, 2.45) is 0 Å². The number of aliphatic hydroxyl groups excluding tert-OH is 1. The van der Waals surface area contributed by atoms with Crippen LogP contribution in [0.25, 0.3) is 0 Å². The molecule has 0 saturated carbocycles. The molecule has 3 nitrogen and oxygen atoms in total. The van der Waals surface area contributed by atoms with Crippen molar-refractivity contribution < 1.29 is 9.84 Å². The second kappa shape index (κ2) is 5.75. The molecule has 0 bridgehead atoms. The van der Waals surface area contributed by atoms with Crippen molar-refractivity contribution in [3.63, 3.8) is 0 Å². The van der Waals surface area contributed by atoms with Gasteiger partial charge < -0.3 is 14.7 Å². The lowest BCUT2D eigenvalue weighted by Gasteiger charge is -2.22. The monoisotopic (exact) mass is 223 g/mol. The van der Waals surface area contributed by atoms with Crippen molar-refractivity contribution in [3.05, 3.63) is 23.8 Å². The number of hydrogen-bond donors (Lipinski definition) is 1. The van der Waals surface area contributed by atoms with Gasteiger partial charge in [0, 0.05) is 30.4 Å². The van der Waals surface area contributed by atoms with Crippen LogP contribution in [-0.2, 0) is 0 Å². The van der Waals surface area contributed by atoms with Gasteiger partial charge in [-0.25, -0.2) is 0 Å². The molecule has 0 amide bonds. The Hall–Kier alpha value is -1.22. The molecule has 90 valence electrons. The Kier molecular flexibility index (Phi) is 4.62. The van der Waals surface area contributed by atoms with Gasteiger partial charge in [-0.3, -0.25) is 0 Å². The normalized spacial score (nSPS) is 12.3. The summed E-state index contributed by atoms with van der Waals surface area (Å²) in [5.74, 6) is 0.749. The average Bonchev–Trinajstić information content (AvgIpc) is 2.30. The number of nitrogens with zero attached hydrogens (tertiary/aromatic N) is 1. The molecule has 3 heteroatoms. The second-order valence-corrected chi connectivity index (χ2v) is 3.77. The van der Waals surface area contributed by atoms with E-state index < -0.39 is 6.10 Å². The largest absolute Gasteiger partial charge is 0.496 e. The molecule has 16 heavy (non-hydrogen) atoms. The average molecular weight is 223 g/mol. The van der Waals surface area contributed by atoms with Crippen LogP contribution in [0.5, 0.6) is 5.75 Å². The lowest BCUT2D eigenvalue weighted by Crippen LogP contribution is -2.21. The van der Waals surface area contributed by atoms with E-state index >= 15 is 0 Å². The van der Waals surface area contributed by atoms with Crippen LogP contribution >= 0.6 is 0 Å². The molecule has 0 spiro atoms. The molecule has 0 aromatic heterocycles. The SMILES string of the molecule is CCN(CC)c1ccc([C@@H](C)O)c(OC)c1. The van der Waals surface area contributed by atoms with Gasteiger partial charge in [0.05, 0.1) is 13.2 Å². The van der Waals surface area contributed by atoms with Crippen LogP contribution in [0.2, 0.25) is 0 Å². The standard InChI is InChI=1S/C13H21NO2/c1-5-14(6-2)11-7-8-12(10(3)15)13(9-11)16-4/h7-10,15H,5-6H2,1-4H3/t10-/m1/s1. The predicted molar refractivity (Wildman–Crippen MR) is 67.2 cm³/mol. The predicted octanol–water partition coefficient (Wildman–Crippen LogP) is 2.59. The fourth-order valence-corrected chi connectivity index (χ4v) is 1.83. The Labute approximate surface area is 97.7 Å². The van der Waals surface area contributed by atoms with Crippen LogP contribution in [-0.4, -0.2) is 25.3 Å². The highest BCUT2D eigenvalue weighted by molar-refractivity contribution is 5.54. The summed E-state index contributed by atoms with van der Waals surface area (Å²) >= 11 is 0. The number of hydrogen-bond acceptors (Lipinski definition) is 3. The molecule has 0 fully saturated rings. The van der Waals surface area contributed by atoms with Crippen molar-refractivity contribution >= 4 is 5.69 Å². The molecule has 1 aromatic rings. The summed E-state index contributed by atoms with van der Waals surface area (Å²) in [5, 5.41) is 9.59. The first-order valence-corrected chi connectivity index (χ1v) is 5.74. The number of anilines is 1. The molecule has 0 unspecified atom stereocenters. The Balaban J connectivity index is 3.08. The van der Waals surface area contributed by atoms with Crippen LogP contribution in [0, 0.1) is 0 Å². The Morgan fingerprint density at radius 2 is 1.94 bits per heavy atom. The minimum Gasteiger partial charge on any atom is -0.496 e. The van der Waals surface area contributed by atoms with E-state index in [0.29, 0.717) is 0 Å². The minimum atomic E-state index is -0.499. The fraction of sp³-hybridized carbons (Fsp3) is 0.538.